The van der Waals surface area contributed by atoms with E-state index in [1.54, 1.807) is 0 Å². The van der Waals surface area contributed by atoms with Crippen molar-refractivity contribution >= 4 is 23.2 Å². The summed E-state index contributed by atoms with van der Waals surface area (Å²) < 4.78 is 5.43. The van der Waals surface area contributed by atoms with Crippen molar-refractivity contribution < 1.29 is 9.53 Å². The van der Waals surface area contributed by atoms with Crippen LogP contribution in [0.1, 0.15) is 22.3 Å². The standard InChI is InChI=1S/C22H24N2O2/c1-16-7-8-17(2)18(13-16)14-20-19-5-3-4-6-21(19)24(22(20)25)15-23-9-11-26-12-10-23/h3-8,13-14H,9-12,15H2,1-2H3. The van der Waals surface area contributed by atoms with E-state index in [1.807, 2.05) is 35.2 Å². The fraction of sp³-hybridized carbons (Fsp3) is 0.318. The average molecular weight is 348 g/mol. The molecule has 0 bridgehead atoms. The Morgan fingerprint density at radius 1 is 1.08 bits per heavy atom. The fourth-order valence-corrected chi connectivity index (χ4v) is 3.60. The first-order valence-corrected chi connectivity index (χ1v) is 9.14. The SMILES string of the molecule is Cc1ccc(C)c(C=C2C(=O)N(CN3CCOCC3)c3ccccc32)c1. The number of benzene rings is 2. The third-order valence-corrected chi connectivity index (χ3v) is 5.14. The molecule has 4 nitrogen and oxygen atoms in total. The molecule has 0 unspecified atom stereocenters. The minimum atomic E-state index is 0.0820. The quantitative estimate of drug-likeness (QED) is 0.796. The first-order chi connectivity index (χ1) is 12.6. The van der Waals surface area contributed by atoms with Crippen molar-refractivity contribution in [2.24, 2.45) is 0 Å². The molecular weight excluding hydrogens is 324 g/mol. The summed E-state index contributed by atoms with van der Waals surface area (Å²) in [5.41, 5.74) is 6.29. The van der Waals surface area contributed by atoms with Gasteiger partial charge in [-0.15, -0.1) is 0 Å². The molecule has 0 N–H and O–H groups in total. The van der Waals surface area contributed by atoms with Crippen LogP contribution in [0.15, 0.2) is 42.5 Å². The van der Waals surface area contributed by atoms with E-state index in [0.29, 0.717) is 6.67 Å². The molecular formula is C22H24N2O2. The van der Waals surface area contributed by atoms with E-state index in [4.69, 9.17) is 4.74 Å². The van der Waals surface area contributed by atoms with Crippen LogP contribution in [-0.2, 0) is 9.53 Å². The molecule has 26 heavy (non-hydrogen) atoms. The minimum absolute atomic E-state index is 0.0820. The lowest BCUT2D eigenvalue weighted by atomic mass is 10.00. The van der Waals surface area contributed by atoms with Crippen LogP contribution in [0.5, 0.6) is 0 Å². The van der Waals surface area contributed by atoms with Gasteiger partial charge >= 0.3 is 0 Å². The van der Waals surface area contributed by atoms with Crippen LogP contribution in [0.25, 0.3) is 11.6 Å². The van der Waals surface area contributed by atoms with Gasteiger partial charge in [-0.25, -0.2) is 0 Å². The predicted molar refractivity (Wildman–Crippen MR) is 105 cm³/mol. The van der Waals surface area contributed by atoms with Crippen molar-refractivity contribution in [2.45, 2.75) is 13.8 Å². The maximum Gasteiger partial charge on any atom is 0.260 e. The molecule has 4 rings (SSSR count). The van der Waals surface area contributed by atoms with Gasteiger partial charge in [-0.1, -0.05) is 42.0 Å². The molecule has 0 aromatic heterocycles. The van der Waals surface area contributed by atoms with Crippen molar-refractivity contribution in [3.63, 3.8) is 0 Å². The number of anilines is 1. The highest BCUT2D eigenvalue weighted by Gasteiger charge is 2.33. The lowest BCUT2D eigenvalue weighted by Gasteiger charge is -2.30. The molecule has 2 aliphatic rings. The Labute approximate surface area is 154 Å². The number of carbonyl (C=O) groups excluding carboxylic acids is 1. The van der Waals surface area contributed by atoms with Gasteiger partial charge in [0.2, 0.25) is 0 Å². The third kappa shape index (κ3) is 3.18. The summed E-state index contributed by atoms with van der Waals surface area (Å²) in [6.45, 7) is 7.97. The van der Waals surface area contributed by atoms with E-state index in [1.165, 1.54) is 11.1 Å². The van der Waals surface area contributed by atoms with Crippen LogP contribution >= 0.6 is 0 Å². The molecule has 1 amide bonds. The molecule has 2 aromatic rings. The van der Waals surface area contributed by atoms with Gasteiger partial charge < -0.3 is 4.74 Å². The number of ether oxygens (including phenoxy) is 1. The number of fused-ring (bicyclic) bond motifs is 1. The Balaban J connectivity index is 1.71. The van der Waals surface area contributed by atoms with Gasteiger partial charge in [0.05, 0.1) is 25.6 Å². The summed E-state index contributed by atoms with van der Waals surface area (Å²) in [4.78, 5) is 17.4. The Bertz CT molecular complexity index is 866. The monoisotopic (exact) mass is 348 g/mol. The van der Waals surface area contributed by atoms with Gasteiger partial charge in [0, 0.05) is 24.2 Å². The minimum Gasteiger partial charge on any atom is -0.379 e. The molecule has 134 valence electrons. The number of morpholine rings is 1. The Kier molecular flexibility index (Phi) is 4.62. The highest BCUT2D eigenvalue weighted by molar-refractivity contribution is 6.35. The van der Waals surface area contributed by atoms with Crippen molar-refractivity contribution in [2.75, 3.05) is 37.9 Å². The maximum atomic E-state index is 13.2. The van der Waals surface area contributed by atoms with Gasteiger partial charge in [0.1, 0.15) is 0 Å². The Morgan fingerprint density at radius 2 is 1.85 bits per heavy atom. The maximum absolute atomic E-state index is 13.2. The fourth-order valence-electron chi connectivity index (χ4n) is 3.60. The van der Waals surface area contributed by atoms with Crippen LogP contribution in [-0.4, -0.2) is 43.8 Å². The number of rotatable bonds is 3. The molecule has 1 saturated heterocycles. The second kappa shape index (κ2) is 7.06. The van der Waals surface area contributed by atoms with Crippen LogP contribution in [0.2, 0.25) is 0 Å². The third-order valence-electron chi connectivity index (χ3n) is 5.14. The summed E-state index contributed by atoms with van der Waals surface area (Å²) >= 11 is 0. The summed E-state index contributed by atoms with van der Waals surface area (Å²) in [6, 6.07) is 14.4. The van der Waals surface area contributed by atoms with E-state index in [9.17, 15) is 4.79 Å². The number of nitrogens with zero attached hydrogens (tertiary/aromatic N) is 2. The summed E-state index contributed by atoms with van der Waals surface area (Å²) in [5, 5.41) is 0. The van der Waals surface area contributed by atoms with E-state index >= 15 is 0 Å². The zero-order valence-corrected chi connectivity index (χ0v) is 15.4. The lowest BCUT2D eigenvalue weighted by Crippen LogP contribution is -2.45. The van der Waals surface area contributed by atoms with Crippen molar-refractivity contribution in [3.05, 3.63) is 64.7 Å². The Hall–Kier alpha value is -2.43. The molecule has 1 fully saturated rings. The van der Waals surface area contributed by atoms with Gasteiger partial charge in [-0.3, -0.25) is 14.6 Å². The summed E-state index contributed by atoms with van der Waals surface area (Å²) in [7, 11) is 0. The topological polar surface area (TPSA) is 32.8 Å². The molecule has 0 atom stereocenters. The second-order valence-corrected chi connectivity index (χ2v) is 7.04. The molecule has 0 spiro atoms. The van der Waals surface area contributed by atoms with E-state index in [2.05, 4.69) is 36.9 Å². The number of para-hydroxylation sites is 1. The summed E-state index contributed by atoms with van der Waals surface area (Å²) in [6.07, 6.45) is 2.04. The molecule has 0 radical (unpaired) electrons. The molecule has 2 aromatic carbocycles. The highest BCUT2D eigenvalue weighted by atomic mass is 16.5. The van der Waals surface area contributed by atoms with E-state index in [-0.39, 0.29) is 5.91 Å². The number of aryl methyl sites for hydroxylation is 2. The van der Waals surface area contributed by atoms with Crippen molar-refractivity contribution in [1.82, 2.24) is 4.90 Å². The number of hydrogen-bond donors (Lipinski definition) is 0. The normalized spacial score (nSPS) is 19.2. The van der Waals surface area contributed by atoms with Gasteiger partial charge in [-0.2, -0.15) is 0 Å². The van der Waals surface area contributed by atoms with Gasteiger partial charge in [0.15, 0.2) is 0 Å². The molecule has 0 aliphatic carbocycles. The first-order valence-electron chi connectivity index (χ1n) is 9.14. The predicted octanol–water partition coefficient (Wildman–Crippen LogP) is 3.48. The first kappa shape index (κ1) is 17.0. The largest absolute Gasteiger partial charge is 0.379 e. The number of hydrogen-bond acceptors (Lipinski definition) is 3. The zero-order chi connectivity index (χ0) is 18.1. The highest BCUT2D eigenvalue weighted by Crippen LogP contribution is 2.38. The smallest absolute Gasteiger partial charge is 0.260 e. The molecule has 4 heteroatoms. The average Bonchev–Trinajstić information content (AvgIpc) is 2.91. The Morgan fingerprint density at radius 3 is 2.65 bits per heavy atom. The number of carbonyl (C=O) groups is 1. The van der Waals surface area contributed by atoms with Crippen LogP contribution in [0.3, 0.4) is 0 Å². The van der Waals surface area contributed by atoms with E-state index in [0.717, 1.165) is 48.7 Å². The van der Waals surface area contributed by atoms with Crippen LogP contribution in [0.4, 0.5) is 5.69 Å². The summed E-state index contributed by atoms with van der Waals surface area (Å²) in [5.74, 6) is 0.0820. The van der Waals surface area contributed by atoms with Crippen molar-refractivity contribution in [1.29, 1.82) is 0 Å². The van der Waals surface area contributed by atoms with Gasteiger partial charge in [0.25, 0.3) is 5.91 Å². The van der Waals surface area contributed by atoms with Crippen molar-refractivity contribution in [3.8, 4) is 0 Å². The number of amides is 1. The van der Waals surface area contributed by atoms with Crippen LogP contribution < -0.4 is 4.90 Å². The molecule has 2 aliphatic heterocycles. The van der Waals surface area contributed by atoms with Crippen LogP contribution in [0, 0.1) is 13.8 Å². The zero-order valence-electron chi connectivity index (χ0n) is 15.4. The lowest BCUT2D eigenvalue weighted by molar-refractivity contribution is -0.113. The molecule has 2 heterocycles. The second-order valence-electron chi connectivity index (χ2n) is 7.04. The molecule has 0 saturated carbocycles. The van der Waals surface area contributed by atoms with E-state index < -0.39 is 0 Å². The van der Waals surface area contributed by atoms with Gasteiger partial charge in [-0.05, 0) is 37.1 Å².